The Bertz CT molecular complexity index is 566. The number of rotatable bonds is 4. The summed E-state index contributed by atoms with van der Waals surface area (Å²) in [5.41, 5.74) is 1.84. The number of H-pyrrole nitrogens is 2. The number of unbranched alkanes of at least 4 members (excludes halogenated alkanes) is 1. The van der Waals surface area contributed by atoms with Gasteiger partial charge in [-0.05, 0) is 24.6 Å². The van der Waals surface area contributed by atoms with E-state index in [-0.39, 0.29) is 11.5 Å². The van der Waals surface area contributed by atoms with Crippen LogP contribution >= 0.6 is 0 Å². The van der Waals surface area contributed by atoms with Crippen molar-refractivity contribution < 1.29 is 4.79 Å². The van der Waals surface area contributed by atoms with Crippen LogP contribution in [0.5, 0.6) is 0 Å². The lowest BCUT2D eigenvalue weighted by Gasteiger charge is -1.99. The SMILES string of the molecule is CCCCC(=O)c1ccc2[nH]c(=O)[nH]c2c1. The highest BCUT2D eigenvalue weighted by Crippen LogP contribution is 2.13. The maximum absolute atomic E-state index is 11.8. The van der Waals surface area contributed by atoms with Crippen LogP contribution in [-0.2, 0) is 0 Å². The zero-order valence-electron chi connectivity index (χ0n) is 9.17. The van der Waals surface area contributed by atoms with E-state index in [9.17, 15) is 9.59 Å². The first-order chi connectivity index (χ1) is 7.70. The number of Topliss-reactive ketones (excluding diaryl/α,β-unsaturated/α-hetero) is 1. The topological polar surface area (TPSA) is 65.7 Å². The lowest BCUT2D eigenvalue weighted by atomic mass is 10.1. The maximum atomic E-state index is 11.8. The van der Waals surface area contributed by atoms with Gasteiger partial charge in [-0.1, -0.05) is 13.3 Å². The third kappa shape index (κ3) is 2.05. The van der Waals surface area contributed by atoms with Crippen LogP contribution in [0.15, 0.2) is 23.0 Å². The normalized spacial score (nSPS) is 10.8. The number of hydrogen-bond donors (Lipinski definition) is 2. The Labute approximate surface area is 92.7 Å². The molecule has 0 fully saturated rings. The summed E-state index contributed by atoms with van der Waals surface area (Å²) in [5.74, 6) is 0.130. The van der Waals surface area contributed by atoms with Crippen LogP contribution in [0, 0.1) is 0 Å². The van der Waals surface area contributed by atoms with Crippen molar-refractivity contribution in [1.29, 1.82) is 0 Å². The zero-order chi connectivity index (χ0) is 11.5. The first-order valence-electron chi connectivity index (χ1n) is 5.46. The molecule has 0 aliphatic carbocycles. The molecule has 4 heteroatoms. The van der Waals surface area contributed by atoms with Crippen molar-refractivity contribution in [2.45, 2.75) is 26.2 Å². The minimum absolute atomic E-state index is 0.130. The lowest BCUT2D eigenvalue weighted by molar-refractivity contribution is 0.0980. The number of nitrogens with one attached hydrogen (secondary N) is 2. The second-order valence-corrected chi connectivity index (χ2v) is 3.87. The Balaban J connectivity index is 2.31. The van der Waals surface area contributed by atoms with E-state index in [1.165, 1.54) is 0 Å². The molecule has 16 heavy (non-hydrogen) atoms. The Morgan fingerprint density at radius 3 is 2.75 bits per heavy atom. The summed E-state index contributed by atoms with van der Waals surface area (Å²) in [6.45, 7) is 2.06. The molecule has 2 aromatic rings. The van der Waals surface area contributed by atoms with Gasteiger partial charge in [0.1, 0.15) is 0 Å². The van der Waals surface area contributed by atoms with Gasteiger partial charge < -0.3 is 9.97 Å². The van der Waals surface area contributed by atoms with E-state index < -0.39 is 0 Å². The monoisotopic (exact) mass is 218 g/mol. The fraction of sp³-hybridized carbons (Fsp3) is 0.333. The first kappa shape index (κ1) is 10.7. The summed E-state index contributed by atoms with van der Waals surface area (Å²) in [6, 6.07) is 5.24. The summed E-state index contributed by atoms with van der Waals surface area (Å²) in [7, 11) is 0. The van der Waals surface area contributed by atoms with Crippen molar-refractivity contribution in [1.82, 2.24) is 9.97 Å². The summed E-state index contributed by atoms with van der Waals surface area (Å²) < 4.78 is 0. The largest absolute Gasteiger partial charge is 0.323 e. The fourth-order valence-corrected chi connectivity index (χ4v) is 1.69. The molecule has 0 unspecified atom stereocenters. The molecule has 84 valence electrons. The van der Waals surface area contributed by atoms with E-state index in [2.05, 4.69) is 16.9 Å². The Hall–Kier alpha value is -1.84. The standard InChI is InChI=1S/C12H14N2O2/c1-2-3-4-11(15)8-5-6-9-10(7-8)14-12(16)13-9/h5-7H,2-4H2,1H3,(H2,13,14,16). The quantitative estimate of drug-likeness (QED) is 0.773. The number of aromatic amines is 2. The van der Waals surface area contributed by atoms with Crippen LogP contribution in [0.25, 0.3) is 11.0 Å². The molecule has 2 N–H and O–H groups in total. The van der Waals surface area contributed by atoms with E-state index >= 15 is 0 Å². The molecule has 1 aromatic heterocycles. The molecule has 0 aliphatic rings. The second-order valence-electron chi connectivity index (χ2n) is 3.87. The molecule has 1 heterocycles. The third-order valence-electron chi connectivity index (χ3n) is 2.60. The molecule has 4 nitrogen and oxygen atoms in total. The number of imidazole rings is 1. The van der Waals surface area contributed by atoms with Gasteiger partial charge in [0.2, 0.25) is 0 Å². The molecular formula is C12H14N2O2. The molecule has 0 radical (unpaired) electrons. The van der Waals surface area contributed by atoms with E-state index in [4.69, 9.17) is 0 Å². The van der Waals surface area contributed by atoms with Gasteiger partial charge >= 0.3 is 5.69 Å². The van der Waals surface area contributed by atoms with Crippen molar-refractivity contribution in [3.05, 3.63) is 34.2 Å². The number of ketones is 1. The zero-order valence-corrected chi connectivity index (χ0v) is 9.17. The van der Waals surface area contributed by atoms with E-state index in [1.54, 1.807) is 18.2 Å². The van der Waals surface area contributed by atoms with Crippen LogP contribution in [-0.4, -0.2) is 15.8 Å². The van der Waals surface area contributed by atoms with Gasteiger partial charge in [-0.3, -0.25) is 4.79 Å². The van der Waals surface area contributed by atoms with Crippen molar-refractivity contribution in [3.8, 4) is 0 Å². The van der Waals surface area contributed by atoms with Crippen LogP contribution in [0.4, 0.5) is 0 Å². The van der Waals surface area contributed by atoms with Gasteiger partial charge in [0.05, 0.1) is 11.0 Å². The lowest BCUT2D eigenvalue weighted by Crippen LogP contribution is -1.99. The summed E-state index contributed by atoms with van der Waals surface area (Å²) in [5, 5.41) is 0. The van der Waals surface area contributed by atoms with E-state index in [1.807, 2.05) is 0 Å². The van der Waals surface area contributed by atoms with Crippen molar-refractivity contribution in [3.63, 3.8) is 0 Å². The van der Waals surface area contributed by atoms with E-state index in [0.29, 0.717) is 17.5 Å². The summed E-state index contributed by atoms with van der Waals surface area (Å²) in [4.78, 5) is 28.1. The highest BCUT2D eigenvalue weighted by molar-refractivity contribution is 5.98. The third-order valence-corrected chi connectivity index (χ3v) is 2.60. The van der Waals surface area contributed by atoms with Crippen molar-refractivity contribution in [2.75, 3.05) is 0 Å². The van der Waals surface area contributed by atoms with Gasteiger partial charge in [0.25, 0.3) is 0 Å². The fourth-order valence-electron chi connectivity index (χ4n) is 1.69. The maximum Gasteiger partial charge on any atom is 0.323 e. The van der Waals surface area contributed by atoms with Gasteiger partial charge in [-0.15, -0.1) is 0 Å². The van der Waals surface area contributed by atoms with Crippen molar-refractivity contribution in [2.24, 2.45) is 0 Å². The number of carbonyl (C=O) groups is 1. The highest BCUT2D eigenvalue weighted by Gasteiger charge is 2.07. The minimum atomic E-state index is -0.242. The Morgan fingerprint density at radius 1 is 1.25 bits per heavy atom. The van der Waals surface area contributed by atoms with E-state index in [0.717, 1.165) is 18.4 Å². The number of carbonyl (C=O) groups excluding carboxylic acids is 1. The molecule has 0 spiro atoms. The Morgan fingerprint density at radius 2 is 2.00 bits per heavy atom. The van der Waals surface area contributed by atoms with Gasteiger partial charge in [0, 0.05) is 12.0 Å². The number of hydrogen-bond acceptors (Lipinski definition) is 2. The van der Waals surface area contributed by atoms with Gasteiger partial charge in [-0.25, -0.2) is 4.79 Å². The number of aromatic nitrogens is 2. The molecule has 2 rings (SSSR count). The minimum Gasteiger partial charge on any atom is -0.306 e. The molecule has 0 saturated heterocycles. The smallest absolute Gasteiger partial charge is 0.306 e. The van der Waals surface area contributed by atoms with Crippen LogP contribution in [0.1, 0.15) is 36.5 Å². The highest BCUT2D eigenvalue weighted by atomic mass is 16.1. The molecule has 0 aliphatic heterocycles. The van der Waals surface area contributed by atoms with Crippen LogP contribution in [0.2, 0.25) is 0 Å². The molecule has 0 amide bonds. The van der Waals surface area contributed by atoms with Crippen LogP contribution in [0.3, 0.4) is 0 Å². The number of fused-ring (bicyclic) bond motifs is 1. The van der Waals surface area contributed by atoms with Crippen LogP contribution < -0.4 is 5.69 Å². The average molecular weight is 218 g/mol. The summed E-state index contributed by atoms with van der Waals surface area (Å²) in [6.07, 6.45) is 2.48. The molecule has 1 aromatic carbocycles. The average Bonchev–Trinajstić information content (AvgIpc) is 2.64. The molecule has 0 saturated carbocycles. The second kappa shape index (κ2) is 4.35. The molecule has 0 atom stereocenters. The molecule has 0 bridgehead atoms. The molecular weight excluding hydrogens is 204 g/mol. The first-order valence-corrected chi connectivity index (χ1v) is 5.46. The number of benzene rings is 1. The Kier molecular flexibility index (Phi) is 2.90. The van der Waals surface area contributed by atoms with Gasteiger partial charge in [-0.2, -0.15) is 0 Å². The predicted molar refractivity (Wildman–Crippen MR) is 62.8 cm³/mol. The van der Waals surface area contributed by atoms with Crippen molar-refractivity contribution >= 4 is 16.8 Å². The summed E-state index contributed by atoms with van der Waals surface area (Å²) >= 11 is 0. The van der Waals surface area contributed by atoms with Gasteiger partial charge in [0.15, 0.2) is 5.78 Å². The predicted octanol–water partition coefficient (Wildman–Crippen LogP) is 2.23.